The molecule has 5 heteroatoms. The van der Waals surface area contributed by atoms with Crippen LogP contribution >= 0.6 is 0 Å². The van der Waals surface area contributed by atoms with E-state index in [2.05, 4.69) is 10.3 Å². The molecule has 0 bridgehead atoms. The zero-order valence-electron chi connectivity index (χ0n) is 14.1. The normalized spacial score (nSPS) is 12.0. The zero-order valence-corrected chi connectivity index (χ0v) is 14.1. The summed E-state index contributed by atoms with van der Waals surface area (Å²) in [5.41, 5.74) is 1.42. The Morgan fingerprint density at radius 3 is 2.58 bits per heavy atom. The third kappa shape index (κ3) is 5.66. The quantitative estimate of drug-likeness (QED) is 0.782. The van der Waals surface area contributed by atoms with E-state index >= 15 is 0 Å². The first-order valence-electron chi connectivity index (χ1n) is 8.15. The van der Waals surface area contributed by atoms with Crippen molar-refractivity contribution in [1.29, 1.82) is 0 Å². The number of aliphatic hydroxyl groups excluding tert-OH is 1. The molecule has 24 heavy (non-hydrogen) atoms. The van der Waals surface area contributed by atoms with Crippen molar-refractivity contribution in [3.63, 3.8) is 0 Å². The van der Waals surface area contributed by atoms with Crippen LogP contribution in [0.1, 0.15) is 36.3 Å². The lowest BCUT2D eigenvalue weighted by atomic mass is 10.0. The van der Waals surface area contributed by atoms with E-state index in [1.54, 1.807) is 30.5 Å². The van der Waals surface area contributed by atoms with Crippen molar-refractivity contribution in [3.05, 3.63) is 59.9 Å². The Labute approximate surface area is 142 Å². The molecule has 2 aromatic rings. The molecule has 0 radical (unpaired) electrons. The molecule has 1 aromatic heterocycles. The van der Waals surface area contributed by atoms with Gasteiger partial charge in [-0.2, -0.15) is 0 Å². The van der Waals surface area contributed by atoms with Crippen LogP contribution in [-0.2, 0) is 6.61 Å². The molecule has 0 fully saturated rings. The summed E-state index contributed by atoms with van der Waals surface area (Å²) in [6, 6.07) is 12.6. The topological polar surface area (TPSA) is 71.5 Å². The minimum absolute atomic E-state index is 0.151. The van der Waals surface area contributed by atoms with Gasteiger partial charge in [0.05, 0.1) is 11.8 Å². The summed E-state index contributed by atoms with van der Waals surface area (Å²) in [7, 11) is 0. The minimum atomic E-state index is -0.396. The highest BCUT2D eigenvalue weighted by Crippen LogP contribution is 2.14. The first-order valence-corrected chi connectivity index (χ1v) is 8.15. The molecular weight excluding hydrogens is 304 g/mol. The van der Waals surface area contributed by atoms with Crippen molar-refractivity contribution in [2.24, 2.45) is 5.92 Å². The van der Waals surface area contributed by atoms with E-state index in [0.29, 0.717) is 30.9 Å². The molecule has 0 saturated carbocycles. The third-order valence-electron chi connectivity index (χ3n) is 3.72. The molecule has 5 nitrogen and oxygen atoms in total. The highest BCUT2D eigenvalue weighted by Gasteiger charge is 2.10. The van der Waals surface area contributed by atoms with Gasteiger partial charge in [0.2, 0.25) is 0 Å². The van der Waals surface area contributed by atoms with E-state index in [4.69, 9.17) is 4.74 Å². The number of nitrogens with zero attached hydrogens (tertiary/aromatic N) is 1. The van der Waals surface area contributed by atoms with Gasteiger partial charge in [-0.05, 0) is 48.7 Å². The van der Waals surface area contributed by atoms with Crippen LogP contribution in [0.25, 0.3) is 0 Å². The van der Waals surface area contributed by atoms with Gasteiger partial charge < -0.3 is 15.2 Å². The molecule has 1 heterocycles. The Morgan fingerprint density at radius 2 is 1.96 bits per heavy atom. The fourth-order valence-electron chi connectivity index (χ4n) is 2.11. The largest absolute Gasteiger partial charge is 0.487 e. The second-order valence-corrected chi connectivity index (χ2v) is 5.99. The number of aromatic nitrogens is 1. The second-order valence-electron chi connectivity index (χ2n) is 5.99. The van der Waals surface area contributed by atoms with Gasteiger partial charge in [-0.25, -0.2) is 0 Å². The van der Waals surface area contributed by atoms with E-state index in [-0.39, 0.29) is 11.8 Å². The number of amides is 1. The predicted octanol–water partition coefficient (Wildman–Crippen LogP) is 2.80. The van der Waals surface area contributed by atoms with Gasteiger partial charge in [0.25, 0.3) is 5.91 Å². The van der Waals surface area contributed by atoms with Crippen LogP contribution in [0.4, 0.5) is 0 Å². The number of aliphatic hydroxyl groups is 1. The van der Waals surface area contributed by atoms with Gasteiger partial charge in [-0.1, -0.05) is 19.9 Å². The summed E-state index contributed by atoms with van der Waals surface area (Å²) < 4.78 is 5.64. The number of hydrogen-bond acceptors (Lipinski definition) is 4. The fourth-order valence-corrected chi connectivity index (χ4v) is 2.11. The van der Waals surface area contributed by atoms with Crippen LogP contribution in [0, 0.1) is 5.92 Å². The lowest BCUT2D eigenvalue weighted by Gasteiger charge is -2.14. The van der Waals surface area contributed by atoms with Crippen molar-refractivity contribution >= 4 is 5.91 Å². The standard InChI is InChI=1S/C19H24N2O3/c1-14(2)18(22)10-12-21-19(23)15-6-8-17(9-7-15)24-13-16-5-3-4-11-20-16/h3-9,11,14,18,22H,10,12-13H2,1-2H3,(H,21,23). The molecule has 1 aromatic carbocycles. The Bertz CT molecular complexity index is 627. The molecule has 1 atom stereocenters. The molecule has 2 rings (SSSR count). The van der Waals surface area contributed by atoms with Crippen LogP contribution in [0.2, 0.25) is 0 Å². The average Bonchev–Trinajstić information content (AvgIpc) is 2.61. The molecule has 0 aliphatic carbocycles. The lowest BCUT2D eigenvalue weighted by molar-refractivity contribution is 0.0920. The summed E-state index contributed by atoms with van der Waals surface area (Å²) in [6.45, 7) is 4.75. The number of ether oxygens (including phenoxy) is 1. The fraction of sp³-hybridized carbons (Fsp3) is 0.368. The van der Waals surface area contributed by atoms with Gasteiger partial charge in [0.15, 0.2) is 0 Å². The minimum Gasteiger partial charge on any atom is -0.487 e. The number of pyridine rings is 1. The highest BCUT2D eigenvalue weighted by atomic mass is 16.5. The molecule has 1 amide bonds. The zero-order chi connectivity index (χ0) is 17.4. The number of carbonyl (C=O) groups is 1. The SMILES string of the molecule is CC(C)C(O)CCNC(=O)c1ccc(OCc2ccccn2)cc1. The molecule has 0 aliphatic heterocycles. The van der Waals surface area contributed by atoms with Gasteiger partial charge in [0.1, 0.15) is 12.4 Å². The average molecular weight is 328 g/mol. The van der Waals surface area contributed by atoms with Crippen molar-refractivity contribution in [2.45, 2.75) is 33.0 Å². The van der Waals surface area contributed by atoms with Crippen molar-refractivity contribution in [2.75, 3.05) is 6.54 Å². The summed E-state index contributed by atoms with van der Waals surface area (Å²) in [6.07, 6.45) is 1.88. The molecular formula is C19H24N2O3. The van der Waals surface area contributed by atoms with Crippen LogP contribution in [0.3, 0.4) is 0 Å². The summed E-state index contributed by atoms with van der Waals surface area (Å²) in [5, 5.41) is 12.5. The maximum Gasteiger partial charge on any atom is 0.251 e. The molecule has 1 unspecified atom stereocenters. The maximum atomic E-state index is 12.0. The van der Waals surface area contributed by atoms with E-state index in [1.807, 2.05) is 32.0 Å². The summed E-state index contributed by atoms with van der Waals surface area (Å²) >= 11 is 0. The van der Waals surface area contributed by atoms with Gasteiger partial charge >= 0.3 is 0 Å². The van der Waals surface area contributed by atoms with Gasteiger partial charge in [-0.15, -0.1) is 0 Å². The van der Waals surface area contributed by atoms with E-state index in [0.717, 1.165) is 5.69 Å². The summed E-state index contributed by atoms with van der Waals surface area (Å²) in [4.78, 5) is 16.2. The van der Waals surface area contributed by atoms with Crippen molar-refractivity contribution in [3.8, 4) is 5.75 Å². The van der Waals surface area contributed by atoms with Gasteiger partial charge in [-0.3, -0.25) is 9.78 Å². The number of rotatable bonds is 8. The smallest absolute Gasteiger partial charge is 0.251 e. The van der Waals surface area contributed by atoms with Crippen LogP contribution in [-0.4, -0.2) is 28.6 Å². The van der Waals surface area contributed by atoms with E-state index in [1.165, 1.54) is 0 Å². The first-order chi connectivity index (χ1) is 11.6. The number of hydrogen-bond donors (Lipinski definition) is 2. The lowest BCUT2D eigenvalue weighted by Crippen LogP contribution is -2.28. The van der Waals surface area contributed by atoms with E-state index in [9.17, 15) is 9.90 Å². The Balaban J connectivity index is 1.79. The number of carbonyl (C=O) groups excluding carboxylic acids is 1. The van der Waals surface area contributed by atoms with Gasteiger partial charge in [0, 0.05) is 18.3 Å². The summed E-state index contributed by atoms with van der Waals surface area (Å²) in [5.74, 6) is 0.729. The van der Waals surface area contributed by atoms with Crippen molar-refractivity contribution in [1.82, 2.24) is 10.3 Å². The first kappa shape index (κ1) is 17.9. The second kappa shape index (κ2) is 9.03. The van der Waals surface area contributed by atoms with Crippen LogP contribution in [0.15, 0.2) is 48.7 Å². The Kier molecular flexibility index (Phi) is 6.75. The maximum absolute atomic E-state index is 12.0. The molecule has 2 N–H and O–H groups in total. The van der Waals surface area contributed by atoms with Crippen molar-refractivity contribution < 1.29 is 14.6 Å². The highest BCUT2D eigenvalue weighted by molar-refractivity contribution is 5.94. The molecule has 0 aliphatic rings. The molecule has 0 spiro atoms. The molecule has 128 valence electrons. The molecule has 0 saturated heterocycles. The monoisotopic (exact) mass is 328 g/mol. The number of nitrogens with one attached hydrogen (secondary N) is 1. The van der Waals surface area contributed by atoms with Crippen LogP contribution in [0.5, 0.6) is 5.75 Å². The Morgan fingerprint density at radius 1 is 1.21 bits per heavy atom. The number of benzene rings is 1. The predicted molar refractivity (Wildman–Crippen MR) is 92.8 cm³/mol. The third-order valence-corrected chi connectivity index (χ3v) is 3.72. The van der Waals surface area contributed by atoms with Crippen LogP contribution < -0.4 is 10.1 Å². The Hall–Kier alpha value is -2.40. The van der Waals surface area contributed by atoms with E-state index < -0.39 is 6.10 Å².